The molecule has 51 heavy (non-hydrogen) atoms. The summed E-state index contributed by atoms with van der Waals surface area (Å²) in [5.74, 6) is 0. The summed E-state index contributed by atoms with van der Waals surface area (Å²) in [5, 5.41) is 6.01. The summed E-state index contributed by atoms with van der Waals surface area (Å²) in [6.07, 6.45) is 0. The van der Waals surface area contributed by atoms with Crippen LogP contribution in [0.15, 0.2) is 188 Å². The Kier molecular flexibility index (Phi) is 5.26. The number of rotatable bonds is 1. The van der Waals surface area contributed by atoms with Gasteiger partial charge in [-0.3, -0.25) is 0 Å². The lowest BCUT2D eigenvalue weighted by Crippen LogP contribution is -2.70. The van der Waals surface area contributed by atoms with Crippen LogP contribution in [0.4, 0.5) is 17.1 Å². The second kappa shape index (κ2) is 9.72. The van der Waals surface area contributed by atoms with Gasteiger partial charge in [-0.2, -0.15) is 0 Å². The fourth-order valence-corrected chi connectivity index (χ4v) is 16.2. The number of hydrogen-bond donors (Lipinski definition) is 0. The molecule has 0 bridgehead atoms. The van der Waals surface area contributed by atoms with Crippen molar-refractivity contribution in [2.75, 3.05) is 4.90 Å². The van der Waals surface area contributed by atoms with Crippen molar-refractivity contribution in [3.05, 3.63) is 210 Å². The van der Waals surface area contributed by atoms with Gasteiger partial charge in [0.05, 0.1) is 16.8 Å². The van der Waals surface area contributed by atoms with Crippen LogP contribution in [0.3, 0.4) is 0 Å². The van der Waals surface area contributed by atoms with Crippen LogP contribution in [0.2, 0.25) is 0 Å². The third-order valence-corrected chi connectivity index (χ3v) is 17.2. The second-order valence-electron chi connectivity index (χ2n) is 14.3. The van der Waals surface area contributed by atoms with E-state index in [1.807, 2.05) is 0 Å². The summed E-state index contributed by atoms with van der Waals surface area (Å²) in [6, 6.07) is 71.5. The zero-order valence-corrected chi connectivity index (χ0v) is 28.8. The molecule has 8 aromatic rings. The summed E-state index contributed by atoms with van der Waals surface area (Å²) in [5.41, 5.74) is 16.8. The van der Waals surface area contributed by atoms with Gasteiger partial charge < -0.3 is 4.90 Å². The lowest BCUT2D eigenvalue weighted by molar-refractivity contribution is 0.752. The highest BCUT2D eigenvalue weighted by atomic mass is 28.3. The van der Waals surface area contributed by atoms with Crippen molar-refractivity contribution in [2.45, 2.75) is 5.41 Å². The third-order valence-electron chi connectivity index (χ3n) is 12.3. The quantitative estimate of drug-likeness (QED) is 0.159. The van der Waals surface area contributed by atoms with Crippen molar-refractivity contribution in [3.63, 3.8) is 0 Å². The molecule has 0 saturated carbocycles. The number of nitrogens with zero attached hydrogens (tertiary/aromatic N) is 1. The molecule has 8 aromatic carbocycles. The first-order valence-corrected chi connectivity index (χ1v) is 20.0. The van der Waals surface area contributed by atoms with E-state index in [0.29, 0.717) is 0 Å². The van der Waals surface area contributed by atoms with E-state index in [0.717, 1.165) is 0 Å². The first-order valence-electron chi connectivity index (χ1n) is 18.0. The van der Waals surface area contributed by atoms with Gasteiger partial charge in [0, 0.05) is 5.69 Å². The smallest absolute Gasteiger partial charge is 0.182 e. The van der Waals surface area contributed by atoms with Crippen LogP contribution in [0, 0.1) is 0 Å². The SMILES string of the molecule is c1ccc2c(c1)-c1ccccc1C21c2ccccc2N(c2ccc3c(c2)[Si]2(c4ccccc4-c4ccccc42)c2ccccc2-3)c2ccccc21. The Labute approximate surface area is 298 Å². The zero-order valence-electron chi connectivity index (χ0n) is 27.8. The zero-order chi connectivity index (χ0) is 33.3. The molecular formula is C49H31NSi. The number of fused-ring (bicyclic) bond motifs is 19. The Morgan fingerprint density at radius 3 is 1.18 bits per heavy atom. The Balaban J connectivity index is 1.16. The molecule has 236 valence electrons. The lowest BCUT2D eigenvalue weighted by atomic mass is 9.64. The molecule has 0 radical (unpaired) electrons. The maximum absolute atomic E-state index is 2.58. The highest BCUT2D eigenvalue weighted by Gasteiger charge is 2.55. The molecule has 0 aromatic heterocycles. The van der Waals surface area contributed by atoms with Gasteiger partial charge in [-0.25, -0.2) is 0 Å². The fraction of sp³-hybridized carbons (Fsp3) is 0.0204. The van der Waals surface area contributed by atoms with Crippen LogP contribution in [0.1, 0.15) is 22.3 Å². The van der Waals surface area contributed by atoms with Crippen molar-refractivity contribution >= 4 is 45.9 Å². The standard InChI is InChI=1S/C49H31NSi/c1-6-20-39-33(15-1)34-16-2-7-21-40(34)49(39)41-22-8-10-24-43(41)50(44-25-11-9-23-42(44)49)32-29-30-38-37-19-5-14-28-47(37)51(48(38)31-32)45-26-12-3-17-35(45)36-18-4-13-27-46(36)51/h1-31H. The highest BCUT2D eigenvalue weighted by Crippen LogP contribution is 2.63. The van der Waals surface area contributed by atoms with Crippen LogP contribution < -0.4 is 25.6 Å². The average Bonchev–Trinajstić information content (AvgIpc) is 3.79. The van der Waals surface area contributed by atoms with Gasteiger partial charge in [-0.05, 0) is 101 Å². The normalized spacial score (nSPS) is 15.3. The van der Waals surface area contributed by atoms with E-state index in [9.17, 15) is 0 Å². The average molecular weight is 662 g/mol. The Morgan fingerprint density at radius 2 is 0.686 bits per heavy atom. The van der Waals surface area contributed by atoms with E-state index in [-0.39, 0.29) is 0 Å². The van der Waals surface area contributed by atoms with Crippen LogP contribution in [-0.4, -0.2) is 8.07 Å². The summed E-state index contributed by atoms with van der Waals surface area (Å²) in [6.45, 7) is 0. The van der Waals surface area contributed by atoms with Crippen LogP contribution in [0.25, 0.3) is 33.4 Å². The van der Waals surface area contributed by atoms with E-state index in [1.165, 1.54) is 93.4 Å². The molecule has 3 heterocycles. The predicted octanol–water partition coefficient (Wildman–Crippen LogP) is 9.17. The van der Waals surface area contributed by atoms with Crippen LogP contribution >= 0.6 is 0 Å². The van der Waals surface area contributed by atoms with Crippen LogP contribution in [-0.2, 0) is 5.41 Å². The summed E-state index contributed by atoms with van der Waals surface area (Å²) >= 11 is 0. The Hall–Kier alpha value is -6.22. The van der Waals surface area contributed by atoms with E-state index in [2.05, 4.69) is 193 Å². The minimum atomic E-state index is -2.58. The summed E-state index contributed by atoms with van der Waals surface area (Å²) < 4.78 is 0. The molecule has 3 aliphatic heterocycles. The number of hydrogen-bond acceptors (Lipinski definition) is 1. The number of para-hydroxylation sites is 2. The van der Waals surface area contributed by atoms with Crippen molar-refractivity contribution < 1.29 is 0 Å². The molecule has 4 aliphatic rings. The molecule has 0 atom stereocenters. The molecule has 0 N–H and O–H groups in total. The molecule has 2 spiro atoms. The fourth-order valence-electron chi connectivity index (χ4n) is 10.6. The molecular weight excluding hydrogens is 631 g/mol. The summed E-state index contributed by atoms with van der Waals surface area (Å²) in [7, 11) is -2.58. The van der Waals surface area contributed by atoms with Gasteiger partial charge in [0.15, 0.2) is 8.07 Å². The maximum Gasteiger partial charge on any atom is 0.182 e. The Bertz CT molecular complexity index is 2630. The first-order chi connectivity index (χ1) is 25.3. The minimum Gasteiger partial charge on any atom is -0.310 e. The van der Waals surface area contributed by atoms with Crippen molar-refractivity contribution in [1.82, 2.24) is 0 Å². The molecule has 0 saturated heterocycles. The minimum absolute atomic E-state index is 0.414. The van der Waals surface area contributed by atoms with Gasteiger partial charge in [-0.15, -0.1) is 0 Å². The van der Waals surface area contributed by atoms with Gasteiger partial charge >= 0.3 is 0 Å². The van der Waals surface area contributed by atoms with E-state index in [1.54, 1.807) is 0 Å². The topological polar surface area (TPSA) is 3.24 Å². The largest absolute Gasteiger partial charge is 0.310 e. The highest BCUT2D eigenvalue weighted by molar-refractivity contribution is 7.24. The molecule has 12 rings (SSSR count). The van der Waals surface area contributed by atoms with Gasteiger partial charge in [0.2, 0.25) is 0 Å². The van der Waals surface area contributed by atoms with E-state index >= 15 is 0 Å². The molecule has 0 amide bonds. The molecule has 1 aliphatic carbocycles. The van der Waals surface area contributed by atoms with Gasteiger partial charge in [-0.1, -0.05) is 164 Å². The molecule has 0 unspecified atom stereocenters. The first kappa shape index (κ1) is 27.6. The van der Waals surface area contributed by atoms with E-state index < -0.39 is 13.5 Å². The molecule has 0 fully saturated rings. The number of anilines is 3. The predicted molar refractivity (Wildman–Crippen MR) is 214 cm³/mol. The van der Waals surface area contributed by atoms with Crippen molar-refractivity contribution in [2.24, 2.45) is 0 Å². The third kappa shape index (κ3) is 3.15. The van der Waals surface area contributed by atoms with Crippen molar-refractivity contribution in [3.8, 4) is 33.4 Å². The van der Waals surface area contributed by atoms with Crippen molar-refractivity contribution in [1.29, 1.82) is 0 Å². The molecule has 2 heteroatoms. The number of benzene rings is 8. The second-order valence-corrected chi connectivity index (χ2v) is 18.0. The van der Waals surface area contributed by atoms with Gasteiger partial charge in [0.25, 0.3) is 0 Å². The monoisotopic (exact) mass is 661 g/mol. The lowest BCUT2D eigenvalue weighted by Gasteiger charge is -2.45. The van der Waals surface area contributed by atoms with E-state index in [4.69, 9.17) is 0 Å². The maximum atomic E-state index is 2.57. The summed E-state index contributed by atoms with van der Waals surface area (Å²) in [4.78, 5) is 2.55. The van der Waals surface area contributed by atoms with Gasteiger partial charge in [0.1, 0.15) is 0 Å². The molecule has 1 nitrogen and oxygen atoms in total. The Morgan fingerprint density at radius 1 is 0.314 bits per heavy atom. The van der Waals surface area contributed by atoms with Crippen LogP contribution in [0.5, 0.6) is 0 Å².